The third-order valence-electron chi connectivity index (χ3n) is 1.64. The van der Waals surface area contributed by atoms with Crippen LogP contribution in [0.1, 0.15) is 27.7 Å². The molecule has 0 aliphatic carbocycles. The van der Waals surface area contributed by atoms with Crippen molar-refractivity contribution in [3.8, 4) is 0 Å². The monoisotopic (exact) mass is 274 g/mol. The van der Waals surface area contributed by atoms with E-state index >= 15 is 0 Å². The molecular weight excluding hydrogens is 261 g/mol. The zero-order chi connectivity index (χ0) is 11.5. The van der Waals surface area contributed by atoms with Gasteiger partial charge in [-0.25, -0.2) is 0 Å². The van der Waals surface area contributed by atoms with Crippen molar-refractivity contribution in [2.24, 2.45) is 5.92 Å². The third kappa shape index (κ3) is 5.46. The second-order valence-corrected chi connectivity index (χ2v) is 8.75. The highest BCUT2D eigenvalue weighted by molar-refractivity contribution is 8.10. The van der Waals surface area contributed by atoms with Crippen molar-refractivity contribution < 1.29 is 4.57 Å². The fourth-order valence-corrected chi connectivity index (χ4v) is 3.40. The minimum absolute atomic E-state index is 0.253. The van der Waals surface area contributed by atoms with E-state index in [9.17, 15) is 4.57 Å². The number of halogens is 3. The van der Waals surface area contributed by atoms with E-state index in [-0.39, 0.29) is 5.92 Å². The molecule has 0 N–H and O–H groups in total. The first kappa shape index (κ1) is 14.6. The fourth-order valence-electron chi connectivity index (χ4n) is 1.29. The van der Waals surface area contributed by atoms with E-state index in [1.54, 1.807) is 0 Å². The number of hydrogen-bond donors (Lipinski definition) is 0. The summed E-state index contributed by atoms with van der Waals surface area (Å²) in [4.78, 5) is 0. The maximum absolute atomic E-state index is 11.1. The van der Waals surface area contributed by atoms with Gasteiger partial charge in [-0.1, -0.05) is 31.0 Å². The Bertz CT molecular complexity index is 308. The van der Waals surface area contributed by atoms with Crippen LogP contribution in [-0.4, -0.2) is 0 Å². The Morgan fingerprint density at radius 3 is 1.93 bits per heavy atom. The highest BCUT2D eigenvalue weighted by atomic mass is 35.9. The molecule has 82 valence electrons. The lowest BCUT2D eigenvalue weighted by Gasteiger charge is -2.13. The maximum Gasteiger partial charge on any atom is 0.276 e. The molecule has 0 heterocycles. The van der Waals surface area contributed by atoms with Crippen LogP contribution in [0.2, 0.25) is 0 Å². The van der Waals surface area contributed by atoms with Gasteiger partial charge in [0.15, 0.2) is 0 Å². The van der Waals surface area contributed by atoms with Crippen LogP contribution in [-0.2, 0) is 4.57 Å². The predicted octanol–water partition coefficient (Wildman–Crippen LogP) is 5.73. The second-order valence-electron chi connectivity index (χ2n) is 3.55. The molecule has 0 atom stereocenters. The predicted molar refractivity (Wildman–Crippen MR) is 66.5 cm³/mol. The Morgan fingerprint density at radius 2 is 1.71 bits per heavy atom. The van der Waals surface area contributed by atoms with Gasteiger partial charge in [0.1, 0.15) is 0 Å². The van der Waals surface area contributed by atoms with Gasteiger partial charge in [0.25, 0.3) is 5.85 Å². The molecule has 0 bridgehead atoms. The largest absolute Gasteiger partial charge is 0.285 e. The highest BCUT2D eigenvalue weighted by Gasteiger charge is 2.15. The van der Waals surface area contributed by atoms with Crippen LogP contribution in [0.5, 0.6) is 0 Å². The molecule has 5 heteroatoms. The summed E-state index contributed by atoms with van der Waals surface area (Å²) in [5.41, 5.74) is 2.01. The average molecular weight is 276 g/mol. The van der Waals surface area contributed by atoms with E-state index in [1.807, 2.05) is 27.7 Å². The van der Waals surface area contributed by atoms with E-state index in [4.69, 9.17) is 34.1 Å². The van der Waals surface area contributed by atoms with Gasteiger partial charge in [0, 0.05) is 10.8 Å². The first-order valence-electron chi connectivity index (χ1n) is 4.20. The smallest absolute Gasteiger partial charge is 0.276 e. The Labute approximate surface area is 100 Å². The van der Waals surface area contributed by atoms with E-state index in [1.165, 1.54) is 5.82 Å². The van der Waals surface area contributed by atoms with Gasteiger partial charge in [-0.15, -0.1) is 0 Å². The quantitative estimate of drug-likeness (QED) is 0.475. The Hall–Kier alpha value is 0.580. The first-order chi connectivity index (χ1) is 6.15. The van der Waals surface area contributed by atoms with Crippen molar-refractivity contribution in [1.29, 1.82) is 0 Å². The molecule has 0 spiro atoms. The molecule has 0 saturated carbocycles. The molecule has 0 aromatic heterocycles. The van der Waals surface area contributed by atoms with Crippen LogP contribution in [0.25, 0.3) is 0 Å². The van der Waals surface area contributed by atoms with Gasteiger partial charge in [-0.05, 0) is 47.8 Å². The van der Waals surface area contributed by atoms with Gasteiger partial charge in [-0.2, -0.15) is 0 Å². The highest BCUT2D eigenvalue weighted by Crippen LogP contribution is 2.59. The van der Waals surface area contributed by atoms with Gasteiger partial charge in [-0.3, -0.25) is 4.57 Å². The molecule has 0 unspecified atom stereocenters. The van der Waals surface area contributed by atoms with Crippen LogP contribution in [0.15, 0.2) is 22.0 Å². The van der Waals surface area contributed by atoms with Crippen molar-refractivity contribution in [3.63, 3.8) is 0 Å². The molecular formula is C9H14Cl3OP. The molecule has 0 aliphatic heterocycles. The Kier molecular flexibility index (Phi) is 5.84. The molecule has 0 saturated heterocycles. The summed E-state index contributed by atoms with van der Waals surface area (Å²) in [6, 6.07) is 0. The van der Waals surface area contributed by atoms with Crippen molar-refractivity contribution in [2.45, 2.75) is 27.7 Å². The summed E-state index contributed by atoms with van der Waals surface area (Å²) in [6.45, 7) is 7.90. The van der Waals surface area contributed by atoms with Crippen molar-refractivity contribution in [2.75, 3.05) is 0 Å². The molecule has 0 fully saturated rings. The fraction of sp³-hybridized carbons (Fsp3) is 0.556. The first-order valence-corrected chi connectivity index (χ1v) is 8.16. The normalized spacial score (nSPS) is 13.3. The summed E-state index contributed by atoms with van der Waals surface area (Å²) in [7, 11) is 0. The molecule has 0 radical (unpaired) electrons. The summed E-state index contributed by atoms with van der Waals surface area (Å²) in [5.74, 6) is -1.76. The average Bonchev–Trinajstić information content (AvgIpc) is 1.78. The van der Waals surface area contributed by atoms with Crippen LogP contribution in [0.3, 0.4) is 0 Å². The Morgan fingerprint density at radius 1 is 1.29 bits per heavy atom. The summed E-state index contributed by atoms with van der Waals surface area (Å²) >= 11 is 16.8. The van der Waals surface area contributed by atoms with Crippen molar-refractivity contribution >= 4 is 39.9 Å². The molecule has 14 heavy (non-hydrogen) atoms. The zero-order valence-electron chi connectivity index (χ0n) is 8.64. The molecule has 0 amide bonds. The maximum atomic E-state index is 11.1. The van der Waals surface area contributed by atoms with Gasteiger partial charge in [0.05, 0.1) is 0 Å². The van der Waals surface area contributed by atoms with Crippen LogP contribution in [0, 0.1) is 5.92 Å². The minimum Gasteiger partial charge on any atom is -0.285 e. The lowest BCUT2D eigenvalue weighted by molar-refractivity contribution is 0.597. The zero-order valence-corrected chi connectivity index (χ0v) is 11.8. The molecule has 0 aliphatic rings. The van der Waals surface area contributed by atoms with E-state index in [0.29, 0.717) is 5.03 Å². The van der Waals surface area contributed by atoms with Crippen LogP contribution < -0.4 is 0 Å². The van der Waals surface area contributed by atoms with Gasteiger partial charge >= 0.3 is 0 Å². The topological polar surface area (TPSA) is 17.1 Å². The number of allylic oxidation sites excluding steroid dienone is 3. The number of rotatable bonds is 3. The van der Waals surface area contributed by atoms with Gasteiger partial charge < -0.3 is 0 Å². The SMILES string of the molecule is CC(C)=C(/C(Cl)=C/P(=O)(Cl)Cl)C(C)C. The lowest BCUT2D eigenvalue weighted by atomic mass is 9.99. The standard InChI is InChI=1S/C9H14Cl3OP/c1-6(2)9(7(3)4)8(10)5-14(11,12)13/h5-6H,1-4H3/b8-5-. The van der Waals surface area contributed by atoms with Crippen molar-refractivity contribution in [3.05, 3.63) is 22.0 Å². The summed E-state index contributed by atoms with van der Waals surface area (Å²) < 4.78 is 11.1. The molecule has 0 aromatic carbocycles. The molecule has 0 aromatic rings. The second kappa shape index (κ2) is 5.61. The van der Waals surface area contributed by atoms with E-state index in [0.717, 1.165) is 11.1 Å². The Balaban J connectivity index is 5.20. The lowest BCUT2D eigenvalue weighted by Crippen LogP contribution is -1.96. The third-order valence-corrected chi connectivity index (χ3v) is 3.25. The van der Waals surface area contributed by atoms with E-state index < -0.39 is 5.85 Å². The van der Waals surface area contributed by atoms with Crippen LogP contribution >= 0.6 is 39.9 Å². The van der Waals surface area contributed by atoms with Crippen molar-refractivity contribution in [1.82, 2.24) is 0 Å². The summed E-state index contributed by atoms with van der Waals surface area (Å²) in [6.07, 6.45) is 0. The number of hydrogen-bond acceptors (Lipinski definition) is 1. The molecule has 0 rings (SSSR count). The molecule has 1 nitrogen and oxygen atoms in total. The van der Waals surface area contributed by atoms with Crippen LogP contribution in [0.4, 0.5) is 0 Å². The van der Waals surface area contributed by atoms with E-state index in [2.05, 4.69) is 0 Å². The summed E-state index contributed by atoms with van der Waals surface area (Å²) in [5, 5.41) is 0.383. The minimum atomic E-state index is -3.24. The van der Waals surface area contributed by atoms with Gasteiger partial charge in [0.2, 0.25) is 0 Å².